The smallest absolute Gasteiger partial charge is 0.311 e. The molecule has 1 saturated heterocycles. The van der Waals surface area contributed by atoms with Crippen LogP contribution >= 0.6 is 0 Å². The van der Waals surface area contributed by atoms with Crippen molar-refractivity contribution in [3.8, 4) is 0 Å². The average molecular weight is 358 g/mol. The summed E-state index contributed by atoms with van der Waals surface area (Å²) in [4.78, 5) is 35.8. The molecule has 134 valence electrons. The van der Waals surface area contributed by atoms with Gasteiger partial charge in [-0.05, 0) is 42.0 Å². The Labute approximate surface area is 148 Å². The molecule has 1 aliphatic rings. The molecular weight excluding hydrogens is 343 g/mol. The van der Waals surface area contributed by atoms with Crippen molar-refractivity contribution >= 4 is 23.3 Å². The summed E-state index contributed by atoms with van der Waals surface area (Å²) in [7, 11) is 0. The van der Waals surface area contributed by atoms with E-state index in [0.717, 1.165) is 0 Å². The second-order valence-electron chi connectivity index (χ2n) is 5.91. The van der Waals surface area contributed by atoms with Gasteiger partial charge >= 0.3 is 5.97 Å². The lowest BCUT2D eigenvalue weighted by Gasteiger charge is -2.16. The van der Waals surface area contributed by atoms with E-state index < -0.39 is 22.6 Å². The first-order chi connectivity index (χ1) is 12.4. The first-order valence-electron chi connectivity index (χ1n) is 7.90. The van der Waals surface area contributed by atoms with Gasteiger partial charge in [0.1, 0.15) is 12.4 Å². The Balaban J connectivity index is 1.57. The number of nitrogens with zero attached hydrogens (tertiary/aromatic N) is 2. The van der Waals surface area contributed by atoms with Crippen LogP contribution in [0.5, 0.6) is 0 Å². The molecule has 0 aliphatic carbocycles. The molecule has 0 aromatic heterocycles. The second-order valence-corrected chi connectivity index (χ2v) is 5.91. The molecule has 0 radical (unpaired) electrons. The van der Waals surface area contributed by atoms with Gasteiger partial charge in [0.25, 0.3) is 5.69 Å². The Kier molecular flexibility index (Phi) is 4.92. The summed E-state index contributed by atoms with van der Waals surface area (Å²) in [6.45, 7) is 0.141. The number of hydrogen-bond donors (Lipinski definition) is 0. The fourth-order valence-corrected chi connectivity index (χ4v) is 2.72. The van der Waals surface area contributed by atoms with Crippen molar-refractivity contribution in [2.45, 2.75) is 13.0 Å². The molecule has 26 heavy (non-hydrogen) atoms. The summed E-state index contributed by atoms with van der Waals surface area (Å²) in [5.41, 5.74) is 1.10. The van der Waals surface area contributed by atoms with Gasteiger partial charge in [-0.25, -0.2) is 4.39 Å². The highest BCUT2D eigenvalue weighted by atomic mass is 19.1. The summed E-state index contributed by atoms with van der Waals surface area (Å²) in [6.07, 6.45) is 0.0243. The van der Waals surface area contributed by atoms with Gasteiger partial charge in [-0.1, -0.05) is 0 Å². The fraction of sp³-hybridized carbons (Fsp3) is 0.222. The van der Waals surface area contributed by atoms with E-state index in [2.05, 4.69) is 0 Å². The molecule has 1 atom stereocenters. The lowest BCUT2D eigenvalue weighted by molar-refractivity contribution is -0.384. The number of amides is 1. The third-order valence-corrected chi connectivity index (χ3v) is 4.12. The van der Waals surface area contributed by atoms with Crippen LogP contribution in [0.2, 0.25) is 0 Å². The molecule has 8 heteroatoms. The van der Waals surface area contributed by atoms with Crippen LogP contribution in [0.15, 0.2) is 48.5 Å². The van der Waals surface area contributed by atoms with E-state index in [9.17, 15) is 24.1 Å². The van der Waals surface area contributed by atoms with E-state index in [0.29, 0.717) is 11.3 Å². The van der Waals surface area contributed by atoms with E-state index >= 15 is 0 Å². The van der Waals surface area contributed by atoms with E-state index in [1.165, 1.54) is 53.4 Å². The minimum Gasteiger partial charge on any atom is -0.461 e. The van der Waals surface area contributed by atoms with Crippen LogP contribution in [0.4, 0.5) is 15.8 Å². The summed E-state index contributed by atoms with van der Waals surface area (Å²) >= 11 is 0. The number of ether oxygens (including phenoxy) is 1. The molecule has 0 unspecified atom stereocenters. The van der Waals surface area contributed by atoms with Crippen LogP contribution in [0.1, 0.15) is 12.0 Å². The normalized spacial score (nSPS) is 16.6. The number of anilines is 1. The maximum absolute atomic E-state index is 13.0. The van der Waals surface area contributed by atoms with Crippen molar-refractivity contribution in [1.29, 1.82) is 0 Å². The SMILES string of the molecule is O=C(OCc1ccc([N+](=O)[O-])cc1)[C@@H]1CC(=O)N(c2ccc(F)cc2)C1. The molecule has 1 amide bonds. The summed E-state index contributed by atoms with van der Waals surface area (Å²) in [6, 6.07) is 11.2. The molecule has 0 spiro atoms. The van der Waals surface area contributed by atoms with Gasteiger partial charge in [0, 0.05) is 30.8 Å². The van der Waals surface area contributed by atoms with Gasteiger partial charge in [0.2, 0.25) is 5.91 Å². The minimum atomic E-state index is -0.606. The number of rotatable bonds is 5. The predicted molar refractivity (Wildman–Crippen MR) is 89.8 cm³/mol. The van der Waals surface area contributed by atoms with Crippen molar-refractivity contribution in [1.82, 2.24) is 0 Å². The van der Waals surface area contributed by atoms with Crippen LogP contribution in [-0.2, 0) is 20.9 Å². The highest BCUT2D eigenvalue weighted by Crippen LogP contribution is 2.26. The monoisotopic (exact) mass is 358 g/mol. The molecule has 1 fully saturated rings. The summed E-state index contributed by atoms with van der Waals surface area (Å²) < 4.78 is 18.2. The highest BCUT2D eigenvalue weighted by Gasteiger charge is 2.36. The first-order valence-corrected chi connectivity index (χ1v) is 7.90. The van der Waals surface area contributed by atoms with E-state index in [1.807, 2.05) is 0 Å². The molecule has 1 aliphatic heterocycles. The zero-order valence-corrected chi connectivity index (χ0v) is 13.6. The van der Waals surface area contributed by atoms with Crippen molar-refractivity contribution in [3.05, 3.63) is 70.0 Å². The Morgan fingerprint density at radius 3 is 2.46 bits per heavy atom. The van der Waals surface area contributed by atoms with Crippen LogP contribution in [0, 0.1) is 21.8 Å². The number of esters is 1. The van der Waals surface area contributed by atoms with Crippen LogP contribution in [0.3, 0.4) is 0 Å². The number of halogens is 1. The number of benzene rings is 2. The van der Waals surface area contributed by atoms with Crippen molar-refractivity contribution in [2.24, 2.45) is 5.92 Å². The van der Waals surface area contributed by atoms with E-state index in [1.54, 1.807) is 0 Å². The third-order valence-electron chi connectivity index (χ3n) is 4.12. The Morgan fingerprint density at radius 2 is 1.85 bits per heavy atom. The Hall–Kier alpha value is -3.29. The number of non-ortho nitro benzene ring substituents is 1. The van der Waals surface area contributed by atoms with Gasteiger partial charge in [-0.3, -0.25) is 19.7 Å². The van der Waals surface area contributed by atoms with Crippen LogP contribution < -0.4 is 4.90 Å². The van der Waals surface area contributed by atoms with Gasteiger partial charge in [-0.15, -0.1) is 0 Å². The lowest BCUT2D eigenvalue weighted by atomic mass is 10.1. The van der Waals surface area contributed by atoms with Crippen molar-refractivity contribution in [3.63, 3.8) is 0 Å². The quantitative estimate of drug-likeness (QED) is 0.466. The maximum Gasteiger partial charge on any atom is 0.311 e. The minimum absolute atomic E-state index is 0.0243. The lowest BCUT2D eigenvalue weighted by Crippen LogP contribution is -2.26. The molecule has 7 nitrogen and oxygen atoms in total. The average Bonchev–Trinajstić information content (AvgIpc) is 3.02. The van der Waals surface area contributed by atoms with E-state index in [4.69, 9.17) is 4.74 Å². The fourth-order valence-electron chi connectivity index (χ4n) is 2.72. The predicted octanol–water partition coefficient (Wildman–Crippen LogP) is 2.83. The standard InChI is InChI=1S/C18H15FN2O5/c19-14-3-7-15(8-4-14)20-10-13(9-17(20)22)18(23)26-11-12-1-5-16(6-2-12)21(24)25/h1-8,13H,9-11H2/t13-/m1/s1. The second kappa shape index (κ2) is 7.30. The Bertz CT molecular complexity index is 836. The molecule has 0 saturated carbocycles. The molecule has 0 N–H and O–H groups in total. The number of nitro benzene ring substituents is 1. The van der Waals surface area contributed by atoms with E-state index in [-0.39, 0.29) is 31.2 Å². The third kappa shape index (κ3) is 3.85. The van der Waals surface area contributed by atoms with Gasteiger partial charge in [-0.2, -0.15) is 0 Å². The van der Waals surface area contributed by atoms with Gasteiger partial charge in [0.05, 0.1) is 10.8 Å². The Morgan fingerprint density at radius 1 is 1.19 bits per heavy atom. The summed E-state index contributed by atoms with van der Waals surface area (Å²) in [5, 5.41) is 10.6. The van der Waals surface area contributed by atoms with Gasteiger partial charge < -0.3 is 9.64 Å². The molecular formula is C18H15FN2O5. The molecule has 0 bridgehead atoms. The first kappa shape index (κ1) is 17.5. The number of nitro groups is 1. The molecule has 1 heterocycles. The zero-order chi connectivity index (χ0) is 18.7. The van der Waals surface area contributed by atoms with Crippen molar-refractivity contribution in [2.75, 3.05) is 11.4 Å². The van der Waals surface area contributed by atoms with Crippen LogP contribution in [0.25, 0.3) is 0 Å². The topological polar surface area (TPSA) is 89.7 Å². The molecule has 3 rings (SSSR count). The molecule has 2 aromatic carbocycles. The largest absolute Gasteiger partial charge is 0.461 e. The number of hydrogen-bond acceptors (Lipinski definition) is 5. The number of carbonyl (C=O) groups is 2. The van der Waals surface area contributed by atoms with Crippen molar-refractivity contribution < 1.29 is 23.6 Å². The zero-order valence-electron chi connectivity index (χ0n) is 13.6. The van der Waals surface area contributed by atoms with Gasteiger partial charge in [0.15, 0.2) is 0 Å². The number of carbonyl (C=O) groups excluding carboxylic acids is 2. The summed E-state index contributed by atoms with van der Waals surface area (Å²) in [5.74, 6) is -1.75. The van der Waals surface area contributed by atoms with Crippen LogP contribution in [-0.4, -0.2) is 23.3 Å². The molecule has 2 aromatic rings. The maximum atomic E-state index is 13.0. The highest BCUT2D eigenvalue weighted by molar-refractivity contribution is 5.99.